The van der Waals surface area contributed by atoms with E-state index >= 15 is 0 Å². The minimum Gasteiger partial charge on any atom is -0.481 e. The molecule has 1 atom stereocenters. The molecule has 1 N–H and O–H groups in total. The number of carboxylic acids is 1. The van der Waals surface area contributed by atoms with Crippen molar-refractivity contribution in [3.63, 3.8) is 0 Å². The molecule has 1 unspecified atom stereocenters. The number of carbonyl (C=O) groups is 1. The van der Waals surface area contributed by atoms with Crippen molar-refractivity contribution in [2.24, 2.45) is 5.41 Å². The number of carboxylic acid groups (broad SMARTS) is 1. The molecule has 0 bridgehead atoms. The molecular formula is C41H75NO2. The number of allylic oxidation sites excluding steroid dienone is 8. The second-order valence-electron chi connectivity index (χ2n) is 13.5. The summed E-state index contributed by atoms with van der Waals surface area (Å²) in [6.07, 6.45) is 49.5. The number of rotatable bonds is 33. The lowest BCUT2D eigenvalue weighted by Gasteiger charge is -2.32. The van der Waals surface area contributed by atoms with Crippen LogP contribution in [-0.2, 0) is 4.79 Å². The number of unbranched alkanes of at least 4 members (excludes halogenated alkanes) is 18. The first-order valence-corrected chi connectivity index (χ1v) is 19.0. The molecule has 0 radical (unpaired) electrons. The summed E-state index contributed by atoms with van der Waals surface area (Å²) in [5.41, 5.74) is -0.589. The fraction of sp³-hybridized carbons (Fsp3) is 0.780. The van der Waals surface area contributed by atoms with E-state index in [1.807, 2.05) is 14.1 Å². The van der Waals surface area contributed by atoms with Crippen LogP contribution < -0.4 is 0 Å². The number of hydrogen-bond donors (Lipinski definition) is 1. The average Bonchev–Trinajstić information content (AvgIpc) is 3.00. The summed E-state index contributed by atoms with van der Waals surface area (Å²) in [4.78, 5) is 14.6. The van der Waals surface area contributed by atoms with Crippen LogP contribution in [0.15, 0.2) is 48.6 Å². The molecule has 0 heterocycles. The Labute approximate surface area is 275 Å². The highest BCUT2D eigenvalue weighted by atomic mass is 16.4. The van der Waals surface area contributed by atoms with E-state index in [9.17, 15) is 9.90 Å². The summed E-state index contributed by atoms with van der Waals surface area (Å²) in [6.45, 7) is 5.16. The number of nitrogens with zero attached hydrogens (tertiary/aromatic N) is 1. The molecule has 0 amide bonds. The average molecular weight is 614 g/mol. The highest BCUT2D eigenvalue weighted by Crippen LogP contribution is 2.33. The van der Waals surface area contributed by atoms with Crippen molar-refractivity contribution in [3.05, 3.63) is 48.6 Å². The quantitative estimate of drug-likeness (QED) is 0.0591. The van der Waals surface area contributed by atoms with Gasteiger partial charge in [-0.1, -0.05) is 152 Å². The van der Waals surface area contributed by atoms with E-state index in [1.165, 1.54) is 116 Å². The zero-order valence-corrected chi connectivity index (χ0v) is 30.0. The van der Waals surface area contributed by atoms with Crippen molar-refractivity contribution in [3.8, 4) is 0 Å². The van der Waals surface area contributed by atoms with Crippen molar-refractivity contribution in [1.29, 1.82) is 0 Å². The molecule has 0 saturated carbocycles. The molecule has 44 heavy (non-hydrogen) atoms. The zero-order chi connectivity index (χ0) is 32.4. The minimum absolute atomic E-state index is 0.587. The highest BCUT2D eigenvalue weighted by Gasteiger charge is 2.37. The molecule has 0 aromatic carbocycles. The lowest BCUT2D eigenvalue weighted by Crippen LogP contribution is -2.40. The van der Waals surface area contributed by atoms with E-state index in [0.29, 0.717) is 6.54 Å². The molecule has 0 spiro atoms. The first kappa shape index (κ1) is 42.4. The molecule has 0 fully saturated rings. The van der Waals surface area contributed by atoms with Gasteiger partial charge in [-0.2, -0.15) is 0 Å². The fourth-order valence-electron chi connectivity index (χ4n) is 6.07. The first-order valence-electron chi connectivity index (χ1n) is 19.0. The van der Waals surface area contributed by atoms with Gasteiger partial charge in [0, 0.05) is 6.54 Å². The fourth-order valence-corrected chi connectivity index (χ4v) is 6.07. The van der Waals surface area contributed by atoms with Gasteiger partial charge in [-0.15, -0.1) is 0 Å². The summed E-state index contributed by atoms with van der Waals surface area (Å²) in [5, 5.41) is 10.3. The summed E-state index contributed by atoms with van der Waals surface area (Å²) < 4.78 is 0. The van der Waals surface area contributed by atoms with Crippen LogP contribution in [0.25, 0.3) is 0 Å². The van der Waals surface area contributed by atoms with Crippen LogP contribution in [0, 0.1) is 5.41 Å². The number of hydrogen-bond acceptors (Lipinski definition) is 2. The SMILES string of the molecule is CCCCCC=CCC=CCCCCCCCCC(CCCCCCCC/C=C\C/C=C\CCCCC)(CN(C)C)C(=O)O. The summed E-state index contributed by atoms with van der Waals surface area (Å²) in [6, 6.07) is 0. The van der Waals surface area contributed by atoms with Crippen LogP contribution in [0.5, 0.6) is 0 Å². The van der Waals surface area contributed by atoms with Crippen LogP contribution in [0.3, 0.4) is 0 Å². The Morgan fingerprint density at radius 2 is 0.818 bits per heavy atom. The Bertz CT molecular complexity index is 685. The van der Waals surface area contributed by atoms with Crippen molar-refractivity contribution in [2.45, 2.75) is 181 Å². The lowest BCUT2D eigenvalue weighted by atomic mass is 9.77. The third-order valence-electron chi connectivity index (χ3n) is 8.78. The van der Waals surface area contributed by atoms with E-state index in [1.54, 1.807) is 0 Å². The maximum absolute atomic E-state index is 12.5. The van der Waals surface area contributed by atoms with Gasteiger partial charge in [0.15, 0.2) is 0 Å². The Morgan fingerprint density at radius 1 is 0.500 bits per heavy atom. The molecule has 0 aliphatic heterocycles. The zero-order valence-electron chi connectivity index (χ0n) is 30.0. The molecule has 3 heteroatoms. The van der Waals surface area contributed by atoms with Gasteiger partial charge in [0.1, 0.15) is 0 Å². The van der Waals surface area contributed by atoms with Gasteiger partial charge in [-0.25, -0.2) is 0 Å². The first-order chi connectivity index (χ1) is 21.5. The Hall–Kier alpha value is -1.61. The Balaban J connectivity index is 4.03. The molecule has 0 aliphatic carbocycles. The maximum Gasteiger partial charge on any atom is 0.310 e. The molecule has 0 aromatic rings. The van der Waals surface area contributed by atoms with Crippen LogP contribution in [0.2, 0.25) is 0 Å². The smallest absolute Gasteiger partial charge is 0.310 e. The standard InChI is InChI=1S/C41H75NO2/c1-5-7-9-11-13-15-17-19-21-23-25-27-29-31-33-35-37-41(40(43)44,39-42(3)4)38-36-34-32-30-28-26-24-22-20-18-16-14-12-10-8-6-2/h13-16,19-22H,5-12,17-18,23-39H2,1-4H3,(H,43,44)/b15-13-,16-14?,21-19-,22-20?. The van der Waals surface area contributed by atoms with Crippen LogP contribution in [-0.4, -0.2) is 36.6 Å². The van der Waals surface area contributed by atoms with Crippen LogP contribution in [0.1, 0.15) is 181 Å². The second-order valence-corrected chi connectivity index (χ2v) is 13.5. The van der Waals surface area contributed by atoms with E-state index in [4.69, 9.17) is 0 Å². The van der Waals surface area contributed by atoms with Gasteiger partial charge in [0.05, 0.1) is 5.41 Å². The topological polar surface area (TPSA) is 40.5 Å². The van der Waals surface area contributed by atoms with Crippen LogP contribution in [0.4, 0.5) is 0 Å². The third-order valence-corrected chi connectivity index (χ3v) is 8.78. The molecule has 0 aromatic heterocycles. The van der Waals surface area contributed by atoms with Crippen molar-refractivity contribution in [1.82, 2.24) is 4.90 Å². The molecular weight excluding hydrogens is 538 g/mol. The van der Waals surface area contributed by atoms with E-state index in [-0.39, 0.29) is 0 Å². The normalized spacial score (nSPS) is 13.8. The van der Waals surface area contributed by atoms with Crippen molar-refractivity contribution < 1.29 is 9.90 Å². The van der Waals surface area contributed by atoms with Gasteiger partial charge in [-0.3, -0.25) is 4.79 Å². The monoisotopic (exact) mass is 614 g/mol. The van der Waals surface area contributed by atoms with Gasteiger partial charge in [0.25, 0.3) is 0 Å². The molecule has 256 valence electrons. The minimum atomic E-state index is -0.589. The highest BCUT2D eigenvalue weighted by molar-refractivity contribution is 5.74. The predicted molar refractivity (Wildman–Crippen MR) is 197 cm³/mol. The Kier molecular flexibility index (Phi) is 31.6. The largest absolute Gasteiger partial charge is 0.481 e. The molecule has 3 nitrogen and oxygen atoms in total. The van der Waals surface area contributed by atoms with Crippen molar-refractivity contribution >= 4 is 5.97 Å². The molecule has 0 rings (SSSR count). The lowest BCUT2D eigenvalue weighted by molar-refractivity contribution is -0.151. The van der Waals surface area contributed by atoms with E-state index in [2.05, 4.69) is 67.4 Å². The maximum atomic E-state index is 12.5. The summed E-state index contributed by atoms with van der Waals surface area (Å²) >= 11 is 0. The predicted octanol–water partition coefficient (Wildman–Crippen LogP) is 13.0. The summed E-state index contributed by atoms with van der Waals surface area (Å²) in [5.74, 6) is -0.587. The van der Waals surface area contributed by atoms with Gasteiger partial charge in [0.2, 0.25) is 0 Å². The van der Waals surface area contributed by atoms with E-state index < -0.39 is 11.4 Å². The van der Waals surface area contributed by atoms with Gasteiger partial charge in [-0.05, 0) is 91.1 Å². The third kappa shape index (κ3) is 27.9. The van der Waals surface area contributed by atoms with Crippen molar-refractivity contribution in [2.75, 3.05) is 20.6 Å². The molecule has 0 saturated heterocycles. The van der Waals surface area contributed by atoms with Gasteiger partial charge < -0.3 is 10.0 Å². The molecule has 0 aliphatic rings. The Morgan fingerprint density at radius 3 is 1.14 bits per heavy atom. The number of aliphatic carboxylic acids is 1. The van der Waals surface area contributed by atoms with E-state index in [0.717, 1.165) is 51.4 Å². The van der Waals surface area contributed by atoms with Crippen LogP contribution >= 0.6 is 0 Å². The summed E-state index contributed by atoms with van der Waals surface area (Å²) in [7, 11) is 4.04. The second kappa shape index (κ2) is 32.8. The van der Waals surface area contributed by atoms with Gasteiger partial charge >= 0.3 is 5.97 Å².